The van der Waals surface area contributed by atoms with Crippen LogP contribution in [0.25, 0.3) is 0 Å². The van der Waals surface area contributed by atoms with Crippen LogP contribution in [0.2, 0.25) is 0 Å². The van der Waals surface area contributed by atoms with Crippen molar-refractivity contribution in [1.29, 1.82) is 0 Å². The SMILES string of the molecule is CCCn1cncc1C(O)CNC1CC1. The molecule has 1 atom stereocenters. The van der Waals surface area contributed by atoms with Crippen molar-refractivity contribution < 1.29 is 5.11 Å². The molecule has 0 saturated heterocycles. The summed E-state index contributed by atoms with van der Waals surface area (Å²) in [6.07, 6.45) is 6.68. The smallest absolute Gasteiger partial charge is 0.108 e. The standard InChI is InChI=1S/C11H19N3O/c1-2-5-14-8-12-6-10(14)11(15)7-13-9-3-4-9/h6,8-9,11,13,15H,2-5,7H2,1H3. The second kappa shape index (κ2) is 4.77. The molecule has 1 heterocycles. The van der Waals surface area contributed by atoms with Crippen LogP contribution in [0.15, 0.2) is 12.5 Å². The van der Waals surface area contributed by atoms with Gasteiger partial charge < -0.3 is 15.0 Å². The molecular weight excluding hydrogens is 190 g/mol. The molecule has 1 aromatic heterocycles. The lowest BCUT2D eigenvalue weighted by molar-refractivity contribution is 0.164. The Kier molecular flexibility index (Phi) is 3.38. The Bertz CT molecular complexity index is 307. The summed E-state index contributed by atoms with van der Waals surface area (Å²) in [6, 6.07) is 0.641. The van der Waals surface area contributed by atoms with E-state index in [0.717, 1.165) is 18.7 Å². The van der Waals surface area contributed by atoms with Crippen molar-refractivity contribution in [1.82, 2.24) is 14.9 Å². The molecule has 1 aromatic rings. The van der Waals surface area contributed by atoms with Crippen molar-refractivity contribution in [3.63, 3.8) is 0 Å². The molecule has 4 heteroatoms. The molecule has 1 unspecified atom stereocenters. The van der Waals surface area contributed by atoms with E-state index in [1.807, 2.05) is 4.57 Å². The Morgan fingerprint density at radius 3 is 3.13 bits per heavy atom. The second-order valence-corrected chi connectivity index (χ2v) is 4.21. The fourth-order valence-corrected chi connectivity index (χ4v) is 1.71. The third-order valence-corrected chi connectivity index (χ3v) is 2.73. The van der Waals surface area contributed by atoms with E-state index in [1.165, 1.54) is 12.8 Å². The highest BCUT2D eigenvalue weighted by atomic mass is 16.3. The first kappa shape index (κ1) is 10.6. The first-order valence-electron chi connectivity index (χ1n) is 5.72. The van der Waals surface area contributed by atoms with Gasteiger partial charge in [-0.3, -0.25) is 0 Å². The molecule has 0 spiro atoms. The van der Waals surface area contributed by atoms with E-state index in [2.05, 4.69) is 17.2 Å². The highest BCUT2D eigenvalue weighted by Crippen LogP contribution is 2.20. The van der Waals surface area contributed by atoms with Crippen molar-refractivity contribution in [3.05, 3.63) is 18.2 Å². The molecule has 4 nitrogen and oxygen atoms in total. The van der Waals surface area contributed by atoms with Gasteiger partial charge in [0.15, 0.2) is 0 Å². The normalized spacial score (nSPS) is 18.0. The molecule has 2 N–H and O–H groups in total. The first-order chi connectivity index (χ1) is 7.31. The molecule has 0 aromatic carbocycles. The minimum atomic E-state index is -0.431. The monoisotopic (exact) mass is 209 g/mol. The summed E-state index contributed by atoms with van der Waals surface area (Å²) in [4.78, 5) is 4.08. The lowest BCUT2D eigenvalue weighted by atomic mass is 10.2. The minimum absolute atomic E-state index is 0.431. The molecule has 1 fully saturated rings. The summed E-state index contributed by atoms with van der Waals surface area (Å²) < 4.78 is 2.03. The van der Waals surface area contributed by atoms with E-state index in [0.29, 0.717) is 12.6 Å². The van der Waals surface area contributed by atoms with E-state index in [1.54, 1.807) is 12.5 Å². The van der Waals surface area contributed by atoms with Crippen molar-refractivity contribution in [3.8, 4) is 0 Å². The number of hydrogen-bond acceptors (Lipinski definition) is 3. The van der Waals surface area contributed by atoms with Crippen LogP contribution in [0.5, 0.6) is 0 Å². The van der Waals surface area contributed by atoms with Crippen molar-refractivity contribution in [2.75, 3.05) is 6.54 Å². The molecule has 15 heavy (non-hydrogen) atoms. The Labute approximate surface area is 90.3 Å². The van der Waals surface area contributed by atoms with E-state index in [9.17, 15) is 5.11 Å². The lowest BCUT2D eigenvalue weighted by Crippen LogP contribution is -2.24. The number of nitrogens with one attached hydrogen (secondary N) is 1. The molecule has 0 amide bonds. The maximum absolute atomic E-state index is 9.97. The van der Waals surface area contributed by atoms with Gasteiger partial charge in [0.1, 0.15) is 6.10 Å². The number of aryl methyl sites for hydroxylation is 1. The fraction of sp³-hybridized carbons (Fsp3) is 0.727. The predicted molar refractivity (Wildman–Crippen MR) is 58.5 cm³/mol. The quantitative estimate of drug-likeness (QED) is 0.737. The van der Waals surface area contributed by atoms with Crippen LogP contribution in [-0.4, -0.2) is 27.2 Å². The Morgan fingerprint density at radius 1 is 1.67 bits per heavy atom. The van der Waals surface area contributed by atoms with Crippen LogP contribution in [0.4, 0.5) is 0 Å². The molecule has 1 saturated carbocycles. The predicted octanol–water partition coefficient (Wildman–Crippen LogP) is 1.08. The summed E-state index contributed by atoms with van der Waals surface area (Å²) in [5.41, 5.74) is 0.921. The summed E-state index contributed by atoms with van der Waals surface area (Å²) in [6.45, 7) is 3.69. The summed E-state index contributed by atoms with van der Waals surface area (Å²) in [5, 5.41) is 13.3. The number of aromatic nitrogens is 2. The van der Waals surface area contributed by atoms with Crippen molar-refractivity contribution >= 4 is 0 Å². The van der Waals surface area contributed by atoms with Crippen LogP contribution >= 0.6 is 0 Å². The van der Waals surface area contributed by atoms with Gasteiger partial charge in [-0.05, 0) is 19.3 Å². The number of rotatable bonds is 6. The zero-order chi connectivity index (χ0) is 10.7. The molecule has 1 aliphatic carbocycles. The van der Waals surface area contributed by atoms with Crippen molar-refractivity contribution in [2.45, 2.75) is 44.9 Å². The van der Waals surface area contributed by atoms with Gasteiger partial charge >= 0.3 is 0 Å². The Morgan fingerprint density at radius 2 is 2.47 bits per heavy atom. The number of aliphatic hydroxyl groups is 1. The lowest BCUT2D eigenvalue weighted by Gasteiger charge is -2.13. The zero-order valence-electron chi connectivity index (χ0n) is 9.19. The topological polar surface area (TPSA) is 50.1 Å². The summed E-state index contributed by atoms with van der Waals surface area (Å²) >= 11 is 0. The van der Waals surface area contributed by atoms with Crippen LogP contribution < -0.4 is 5.32 Å². The van der Waals surface area contributed by atoms with Crippen LogP contribution in [0, 0.1) is 0 Å². The third-order valence-electron chi connectivity index (χ3n) is 2.73. The molecule has 2 rings (SSSR count). The maximum Gasteiger partial charge on any atom is 0.108 e. The molecule has 1 aliphatic rings. The summed E-state index contributed by atoms with van der Waals surface area (Å²) in [7, 11) is 0. The molecular formula is C11H19N3O. The van der Waals surface area contributed by atoms with Crippen molar-refractivity contribution in [2.24, 2.45) is 0 Å². The number of imidazole rings is 1. The van der Waals surface area contributed by atoms with E-state index in [-0.39, 0.29) is 0 Å². The van der Waals surface area contributed by atoms with Gasteiger partial charge in [0.25, 0.3) is 0 Å². The minimum Gasteiger partial charge on any atom is -0.385 e. The summed E-state index contributed by atoms with van der Waals surface area (Å²) in [5.74, 6) is 0. The molecule has 84 valence electrons. The maximum atomic E-state index is 9.97. The van der Waals surface area contributed by atoms with E-state index in [4.69, 9.17) is 0 Å². The van der Waals surface area contributed by atoms with E-state index >= 15 is 0 Å². The van der Waals surface area contributed by atoms with Gasteiger partial charge in [-0.15, -0.1) is 0 Å². The van der Waals surface area contributed by atoms with Gasteiger partial charge in [-0.2, -0.15) is 0 Å². The van der Waals surface area contributed by atoms with Gasteiger partial charge in [0.2, 0.25) is 0 Å². The van der Waals surface area contributed by atoms with Gasteiger partial charge in [0, 0.05) is 19.1 Å². The van der Waals surface area contributed by atoms with Crippen LogP contribution in [-0.2, 0) is 6.54 Å². The zero-order valence-corrected chi connectivity index (χ0v) is 9.19. The Hall–Kier alpha value is -0.870. The van der Waals surface area contributed by atoms with Gasteiger partial charge in [0.05, 0.1) is 18.2 Å². The Balaban J connectivity index is 1.90. The fourth-order valence-electron chi connectivity index (χ4n) is 1.71. The van der Waals surface area contributed by atoms with Gasteiger partial charge in [-0.1, -0.05) is 6.92 Å². The largest absolute Gasteiger partial charge is 0.385 e. The second-order valence-electron chi connectivity index (χ2n) is 4.21. The van der Waals surface area contributed by atoms with E-state index < -0.39 is 6.10 Å². The highest BCUT2D eigenvalue weighted by molar-refractivity contribution is 5.03. The van der Waals surface area contributed by atoms with Crippen LogP contribution in [0.1, 0.15) is 38.0 Å². The number of aliphatic hydroxyl groups excluding tert-OH is 1. The highest BCUT2D eigenvalue weighted by Gasteiger charge is 2.22. The number of hydrogen-bond donors (Lipinski definition) is 2. The third kappa shape index (κ3) is 2.79. The molecule has 0 radical (unpaired) electrons. The average molecular weight is 209 g/mol. The molecule has 0 bridgehead atoms. The average Bonchev–Trinajstić information content (AvgIpc) is 2.95. The van der Waals surface area contributed by atoms with Crippen LogP contribution in [0.3, 0.4) is 0 Å². The number of nitrogens with zero attached hydrogens (tertiary/aromatic N) is 2. The molecule has 0 aliphatic heterocycles. The first-order valence-corrected chi connectivity index (χ1v) is 5.72. The van der Waals surface area contributed by atoms with Gasteiger partial charge in [-0.25, -0.2) is 4.98 Å².